The molecule has 7 heteroatoms. The quantitative estimate of drug-likeness (QED) is 0.672. The summed E-state index contributed by atoms with van der Waals surface area (Å²) < 4.78 is 6.11. The molecule has 1 aromatic carbocycles. The van der Waals surface area contributed by atoms with Gasteiger partial charge < -0.3 is 19.8 Å². The van der Waals surface area contributed by atoms with Crippen LogP contribution in [0.2, 0.25) is 0 Å². The van der Waals surface area contributed by atoms with E-state index in [1.165, 1.54) is 0 Å². The smallest absolute Gasteiger partial charge is 0.257 e. The molecule has 1 fully saturated rings. The molecule has 2 heterocycles. The van der Waals surface area contributed by atoms with Crippen molar-refractivity contribution in [3.05, 3.63) is 58.9 Å². The van der Waals surface area contributed by atoms with E-state index in [4.69, 9.17) is 4.74 Å². The molecule has 0 bridgehead atoms. The Morgan fingerprint density at radius 1 is 1.08 bits per heavy atom. The molecule has 196 valence electrons. The van der Waals surface area contributed by atoms with E-state index in [0.29, 0.717) is 24.3 Å². The van der Waals surface area contributed by atoms with Crippen molar-refractivity contribution in [3.8, 4) is 5.75 Å². The first kappa shape index (κ1) is 26.6. The molecule has 0 spiro atoms. The first-order valence-electron chi connectivity index (χ1n) is 13.4. The van der Waals surface area contributed by atoms with Gasteiger partial charge in [0.15, 0.2) is 0 Å². The molecule has 0 radical (unpaired) electrons. The number of carbonyl (C=O) groups is 1. The lowest BCUT2D eigenvalue weighted by Gasteiger charge is -2.35. The number of rotatable bonds is 4. The van der Waals surface area contributed by atoms with Gasteiger partial charge in [-0.15, -0.1) is 0 Å². The van der Waals surface area contributed by atoms with Crippen LogP contribution in [0, 0.1) is 6.92 Å². The van der Waals surface area contributed by atoms with Crippen molar-refractivity contribution < 1.29 is 19.7 Å². The normalized spacial score (nSPS) is 22.6. The molecule has 1 aromatic heterocycles. The maximum Gasteiger partial charge on any atom is 0.257 e. The molecule has 1 aliphatic carbocycles. The van der Waals surface area contributed by atoms with Crippen LogP contribution in [0.15, 0.2) is 36.7 Å². The van der Waals surface area contributed by atoms with E-state index in [1.807, 2.05) is 49.5 Å². The maximum atomic E-state index is 13.3. The summed E-state index contributed by atoms with van der Waals surface area (Å²) in [5.74, 6) is 0.527. The van der Waals surface area contributed by atoms with Gasteiger partial charge in [-0.05, 0) is 81.2 Å². The number of nitrogens with zero attached hydrogens (tertiary/aromatic N) is 3. The number of ether oxygens (including phenoxy) is 1. The van der Waals surface area contributed by atoms with Crippen LogP contribution in [-0.4, -0.2) is 75.9 Å². The molecule has 0 saturated heterocycles. The van der Waals surface area contributed by atoms with E-state index < -0.39 is 12.2 Å². The van der Waals surface area contributed by atoms with Crippen molar-refractivity contribution in [3.63, 3.8) is 0 Å². The molecule has 36 heavy (non-hydrogen) atoms. The minimum absolute atomic E-state index is 0.0333. The molecule has 4 rings (SSSR count). The molecular formula is C29H41N3O4. The standard InChI is InChI=1S/C29H41N3O4/c1-21-16-22(18-30-17-21)19-32-14-5-3-4-8-23-9-6-12-25(29(35)31(2)24-10-7-11-24)28(23)36-20-27(34)26(33)13-15-32/h6,9,12,16-18,24,26-27,33-34H,3-5,7-8,10-11,13-15,19-20H2,1-2H3/t26-,27+/m0/s1. The minimum Gasteiger partial charge on any atom is -0.490 e. The average Bonchev–Trinajstić information content (AvgIpc) is 2.83. The van der Waals surface area contributed by atoms with Crippen LogP contribution in [0.3, 0.4) is 0 Å². The highest BCUT2D eigenvalue weighted by atomic mass is 16.5. The number of para-hydroxylation sites is 1. The van der Waals surface area contributed by atoms with Gasteiger partial charge in [-0.3, -0.25) is 14.7 Å². The molecule has 2 atom stereocenters. The van der Waals surface area contributed by atoms with Gasteiger partial charge in [-0.2, -0.15) is 0 Å². The zero-order valence-electron chi connectivity index (χ0n) is 21.7. The summed E-state index contributed by atoms with van der Waals surface area (Å²) in [7, 11) is 1.87. The van der Waals surface area contributed by atoms with E-state index in [2.05, 4.69) is 16.0 Å². The second kappa shape index (κ2) is 12.7. The van der Waals surface area contributed by atoms with Crippen LogP contribution in [0.1, 0.15) is 72.0 Å². The summed E-state index contributed by atoms with van der Waals surface area (Å²) in [6, 6.07) is 8.20. The number of amides is 1. The Bertz CT molecular complexity index is 1010. The van der Waals surface area contributed by atoms with Crippen molar-refractivity contribution in [2.45, 2.75) is 83.1 Å². The van der Waals surface area contributed by atoms with Crippen molar-refractivity contribution in [1.82, 2.24) is 14.8 Å². The van der Waals surface area contributed by atoms with Crippen LogP contribution in [0.5, 0.6) is 5.75 Å². The lowest BCUT2D eigenvalue weighted by Crippen LogP contribution is -2.41. The zero-order valence-corrected chi connectivity index (χ0v) is 21.7. The van der Waals surface area contributed by atoms with Crippen LogP contribution in [0.4, 0.5) is 0 Å². The summed E-state index contributed by atoms with van der Waals surface area (Å²) in [6.07, 6.45) is 9.42. The number of benzene rings is 1. The number of aliphatic hydroxyl groups is 2. The summed E-state index contributed by atoms with van der Waals surface area (Å²) >= 11 is 0. The highest BCUT2D eigenvalue weighted by Gasteiger charge is 2.29. The van der Waals surface area contributed by atoms with Crippen LogP contribution < -0.4 is 4.74 Å². The van der Waals surface area contributed by atoms with E-state index in [9.17, 15) is 15.0 Å². The maximum absolute atomic E-state index is 13.3. The van der Waals surface area contributed by atoms with Crippen molar-refractivity contribution in [2.75, 3.05) is 26.7 Å². The number of fused-ring (bicyclic) bond motifs is 1. The molecule has 7 nitrogen and oxygen atoms in total. The van der Waals surface area contributed by atoms with Crippen molar-refractivity contribution in [2.24, 2.45) is 0 Å². The Hall–Kier alpha value is -2.48. The molecule has 1 saturated carbocycles. The molecular weight excluding hydrogens is 454 g/mol. The fourth-order valence-corrected chi connectivity index (χ4v) is 5.10. The summed E-state index contributed by atoms with van der Waals surface area (Å²) in [5, 5.41) is 21.4. The lowest BCUT2D eigenvalue weighted by atomic mass is 9.91. The Labute approximate surface area is 215 Å². The van der Waals surface area contributed by atoms with Crippen LogP contribution >= 0.6 is 0 Å². The van der Waals surface area contributed by atoms with Crippen LogP contribution in [0.25, 0.3) is 0 Å². The number of carbonyl (C=O) groups excluding carboxylic acids is 1. The van der Waals surface area contributed by atoms with Crippen molar-refractivity contribution in [1.29, 1.82) is 0 Å². The molecule has 0 unspecified atom stereocenters. The highest BCUT2D eigenvalue weighted by Crippen LogP contribution is 2.31. The lowest BCUT2D eigenvalue weighted by molar-refractivity contribution is -0.0165. The monoisotopic (exact) mass is 495 g/mol. The Morgan fingerprint density at radius 3 is 2.67 bits per heavy atom. The fraction of sp³-hybridized carbons (Fsp3) is 0.586. The topological polar surface area (TPSA) is 86.1 Å². The number of hydrogen-bond donors (Lipinski definition) is 2. The Morgan fingerprint density at radius 2 is 1.92 bits per heavy atom. The third kappa shape index (κ3) is 6.84. The third-order valence-electron chi connectivity index (χ3n) is 7.61. The predicted octanol–water partition coefficient (Wildman–Crippen LogP) is 3.73. The largest absolute Gasteiger partial charge is 0.490 e. The number of pyridine rings is 1. The first-order valence-corrected chi connectivity index (χ1v) is 13.4. The van der Waals surface area contributed by atoms with Gasteiger partial charge in [0, 0.05) is 38.6 Å². The SMILES string of the molecule is Cc1cncc(CN2CCCCCc3cccc(C(=O)N(C)C4CCC4)c3OC[C@@H](O)[C@@H](O)CC2)c1. The first-order chi connectivity index (χ1) is 17.4. The molecule has 1 amide bonds. The van der Waals surface area contributed by atoms with Gasteiger partial charge in [0.25, 0.3) is 5.91 Å². The van der Waals surface area contributed by atoms with Gasteiger partial charge in [-0.25, -0.2) is 0 Å². The van der Waals surface area contributed by atoms with Crippen LogP contribution in [-0.2, 0) is 13.0 Å². The molecule has 2 N–H and O–H groups in total. The summed E-state index contributed by atoms with van der Waals surface area (Å²) in [4.78, 5) is 21.8. The second-order valence-electron chi connectivity index (χ2n) is 10.5. The molecule has 2 aromatic rings. The van der Waals surface area contributed by atoms with Gasteiger partial charge in [0.2, 0.25) is 0 Å². The number of aliphatic hydroxyl groups excluding tert-OH is 2. The summed E-state index contributed by atoms with van der Waals surface area (Å²) in [5.41, 5.74) is 3.84. The minimum atomic E-state index is -1.03. The number of aromatic nitrogens is 1. The van der Waals surface area contributed by atoms with E-state index in [-0.39, 0.29) is 18.6 Å². The number of aryl methyl sites for hydroxylation is 2. The van der Waals surface area contributed by atoms with Gasteiger partial charge in [0.05, 0.1) is 11.7 Å². The average molecular weight is 496 g/mol. The van der Waals surface area contributed by atoms with Crippen molar-refractivity contribution >= 4 is 5.91 Å². The Kier molecular flexibility index (Phi) is 9.35. The zero-order chi connectivity index (χ0) is 25.5. The van der Waals surface area contributed by atoms with Gasteiger partial charge in [0.1, 0.15) is 18.5 Å². The van der Waals surface area contributed by atoms with E-state index in [1.54, 1.807) is 0 Å². The fourth-order valence-electron chi connectivity index (χ4n) is 5.10. The predicted molar refractivity (Wildman–Crippen MR) is 140 cm³/mol. The molecule has 2 aliphatic rings. The Balaban J connectivity index is 1.47. The second-order valence-corrected chi connectivity index (χ2v) is 10.5. The highest BCUT2D eigenvalue weighted by molar-refractivity contribution is 5.97. The van der Waals surface area contributed by atoms with E-state index >= 15 is 0 Å². The third-order valence-corrected chi connectivity index (χ3v) is 7.61. The van der Waals surface area contributed by atoms with E-state index in [0.717, 1.165) is 74.7 Å². The number of hydrogen-bond acceptors (Lipinski definition) is 6. The summed E-state index contributed by atoms with van der Waals surface area (Å²) in [6.45, 7) is 4.37. The van der Waals surface area contributed by atoms with Gasteiger partial charge >= 0.3 is 0 Å². The molecule has 1 aliphatic heterocycles. The van der Waals surface area contributed by atoms with Gasteiger partial charge in [-0.1, -0.05) is 24.6 Å².